The minimum absolute atomic E-state index is 0.0508. The van der Waals surface area contributed by atoms with Crippen LogP contribution in [-0.2, 0) is 9.59 Å². The Morgan fingerprint density at radius 2 is 1.40 bits per heavy atom. The number of amides is 3. The van der Waals surface area contributed by atoms with Crippen LogP contribution in [0.15, 0.2) is 78.9 Å². The average Bonchev–Trinajstić information content (AvgIpc) is 2.83. The van der Waals surface area contributed by atoms with Gasteiger partial charge in [-0.05, 0) is 55.0 Å². The van der Waals surface area contributed by atoms with Gasteiger partial charge in [0.05, 0.1) is 12.6 Å². The zero-order valence-corrected chi connectivity index (χ0v) is 20.5. The first-order valence-corrected chi connectivity index (χ1v) is 11.5. The van der Waals surface area contributed by atoms with E-state index in [1.54, 1.807) is 48.5 Å². The van der Waals surface area contributed by atoms with Gasteiger partial charge in [-0.1, -0.05) is 57.2 Å². The lowest BCUT2D eigenvalue weighted by Crippen LogP contribution is -2.27. The first kappa shape index (κ1) is 25.5. The summed E-state index contributed by atoms with van der Waals surface area (Å²) in [5.41, 5.74) is 2.98. The molecule has 0 aliphatic carbocycles. The normalized spacial score (nSPS) is 11.8. The molecule has 182 valence electrons. The lowest BCUT2D eigenvalue weighted by atomic mass is 9.95. The van der Waals surface area contributed by atoms with Crippen LogP contribution in [0.3, 0.4) is 0 Å². The van der Waals surface area contributed by atoms with Gasteiger partial charge in [0.1, 0.15) is 0 Å². The molecule has 7 nitrogen and oxygen atoms in total. The third kappa shape index (κ3) is 7.71. The van der Waals surface area contributed by atoms with E-state index in [1.165, 1.54) is 0 Å². The van der Waals surface area contributed by atoms with E-state index in [9.17, 15) is 14.4 Å². The second-order valence-electron chi connectivity index (χ2n) is 9.37. The van der Waals surface area contributed by atoms with E-state index < -0.39 is 5.41 Å². The topological polar surface area (TPSA) is 99.3 Å². The summed E-state index contributed by atoms with van der Waals surface area (Å²) in [6, 6.07) is 23.6. The minimum Gasteiger partial charge on any atom is -0.376 e. The summed E-state index contributed by atoms with van der Waals surface area (Å²) >= 11 is 0. The summed E-state index contributed by atoms with van der Waals surface area (Å²) in [5.74, 6) is -0.499. The number of hydrogen-bond acceptors (Lipinski definition) is 4. The van der Waals surface area contributed by atoms with Crippen molar-refractivity contribution in [2.45, 2.75) is 33.7 Å². The largest absolute Gasteiger partial charge is 0.376 e. The maximum atomic E-state index is 12.5. The molecule has 3 amide bonds. The number of carbonyl (C=O) groups excluding carboxylic acids is 3. The molecule has 0 saturated carbocycles. The Morgan fingerprint density at radius 3 is 2.03 bits per heavy atom. The lowest BCUT2D eigenvalue weighted by Gasteiger charge is -2.18. The zero-order chi connectivity index (χ0) is 25.4. The Hall–Kier alpha value is -4.13. The lowest BCUT2D eigenvalue weighted by molar-refractivity contribution is -0.123. The summed E-state index contributed by atoms with van der Waals surface area (Å²) in [7, 11) is 0. The van der Waals surface area contributed by atoms with Crippen LogP contribution in [0.1, 0.15) is 49.7 Å². The number of rotatable bonds is 8. The van der Waals surface area contributed by atoms with E-state index in [2.05, 4.69) is 21.3 Å². The van der Waals surface area contributed by atoms with E-state index in [0.717, 1.165) is 11.3 Å². The Balaban J connectivity index is 1.49. The molecule has 0 radical (unpaired) electrons. The molecule has 0 heterocycles. The first-order chi connectivity index (χ1) is 16.6. The number of nitrogens with one attached hydrogen (secondary N) is 4. The molecule has 0 fully saturated rings. The molecule has 1 unspecified atom stereocenters. The summed E-state index contributed by atoms with van der Waals surface area (Å²) in [5, 5.41) is 11.7. The predicted molar refractivity (Wildman–Crippen MR) is 140 cm³/mol. The predicted octanol–water partition coefficient (Wildman–Crippen LogP) is 5.21. The van der Waals surface area contributed by atoms with Gasteiger partial charge in [-0.15, -0.1) is 0 Å². The summed E-state index contributed by atoms with van der Waals surface area (Å²) < 4.78 is 0. The van der Waals surface area contributed by atoms with Crippen LogP contribution < -0.4 is 21.3 Å². The van der Waals surface area contributed by atoms with Gasteiger partial charge in [-0.25, -0.2) is 0 Å². The highest BCUT2D eigenvalue weighted by molar-refractivity contribution is 5.97. The number of benzene rings is 3. The van der Waals surface area contributed by atoms with Crippen LogP contribution >= 0.6 is 0 Å². The highest BCUT2D eigenvalue weighted by Crippen LogP contribution is 2.20. The molecule has 0 aliphatic heterocycles. The van der Waals surface area contributed by atoms with Gasteiger partial charge < -0.3 is 21.3 Å². The van der Waals surface area contributed by atoms with Crippen molar-refractivity contribution in [3.8, 4) is 0 Å². The van der Waals surface area contributed by atoms with Crippen LogP contribution in [0, 0.1) is 5.41 Å². The molecule has 1 atom stereocenters. The van der Waals surface area contributed by atoms with Gasteiger partial charge in [-0.3, -0.25) is 14.4 Å². The standard InChI is InChI=1S/C28H32N4O3/c1-19(20-9-6-5-7-10-20)30-26(34)21-13-15-22(16-14-21)29-18-25(33)31-23-11-8-12-24(17-23)32-27(35)28(2,3)4/h5-17,19,29H,18H2,1-4H3,(H,30,34)(H,31,33)(H,32,35). The van der Waals surface area contributed by atoms with Crippen molar-refractivity contribution in [1.29, 1.82) is 0 Å². The van der Waals surface area contributed by atoms with Crippen LogP contribution in [0.25, 0.3) is 0 Å². The molecule has 0 aromatic heterocycles. The van der Waals surface area contributed by atoms with E-state index >= 15 is 0 Å². The highest BCUT2D eigenvalue weighted by atomic mass is 16.2. The van der Waals surface area contributed by atoms with E-state index in [4.69, 9.17) is 0 Å². The minimum atomic E-state index is -0.514. The number of anilines is 3. The second kappa shape index (κ2) is 11.3. The maximum absolute atomic E-state index is 12.5. The van der Waals surface area contributed by atoms with Crippen molar-refractivity contribution in [3.63, 3.8) is 0 Å². The van der Waals surface area contributed by atoms with Crippen molar-refractivity contribution in [2.24, 2.45) is 5.41 Å². The van der Waals surface area contributed by atoms with Crippen molar-refractivity contribution < 1.29 is 14.4 Å². The van der Waals surface area contributed by atoms with Crippen LogP contribution in [0.2, 0.25) is 0 Å². The van der Waals surface area contributed by atoms with Crippen molar-refractivity contribution in [3.05, 3.63) is 90.0 Å². The fraction of sp³-hybridized carbons (Fsp3) is 0.250. The van der Waals surface area contributed by atoms with Crippen molar-refractivity contribution in [1.82, 2.24) is 5.32 Å². The van der Waals surface area contributed by atoms with Crippen LogP contribution in [-0.4, -0.2) is 24.3 Å². The molecule has 3 aromatic carbocycles. The Kier molecular flexibility index (Phi) is 8.25. The van der Waals surface area contributed by atoms with Gasteiger partial charge >= 0.3 is 0 Å². The van der Waals surface area contributed by atoms with E-state index in [0.29, 0.717) is 16.9 Å². The van der Waals surface area contributed by atoms with Crippen LogP contribution in [0.4, 0.5) is 17.1 Å². The monoisotopic (exact) mass is 472 g/mol. The van der Waals surface area contributed by atoms with Gasteiger partial charge in [-0.2, -0.15) is 0 Å². The molecule has 0 aliphatic rings. The SMILES string of the molecule is CC(NC(=O)c1ccc(NCC(=O)Nc2cccc(NC(=O)C(C)(C)C)c2)cc1)c1ccccc1. The highest BCUT2D eigenvalue weighted by Gasteiger charge is 2.21. The third-order valence-corrected chi connectivity index (χ3v) is 5.33. The quantitative estimate of drug-likeness (QED) is 0.361. The fourth-order valence-electron chi connectivity index (χ4n) is 3.23. The van der Waals surface area contributed by atoms with Crippen molar-refractivity contribution in [2.75, 3.05) is 22.5 Å². The molecule has 0 bridgehead atoms. The molecule has 4 N–H and O–H groups in total. The molecule has 0 spiro atoms. The van der Waals surface area contributed by atoms with Gasteiger partial charge in [0.15, 0.2) is 0 Å². The number of hydrogen-bond donors (Lipinski definition) is 4. The Morgan fingerprint density at radius 1 is 0.771 bits per heavy atom. The van der Waals surface area contributed by atoms with Crippen LogP contribution in [0.5, 0.6) is 0 Å². The smallest absolute Gasteiger partial charge is 0.251 e. The summed E-state index contributed by atoms with van der Waals surface area (Å²) in [4.78, 5) is 37.1. The molecule has 35 heavy (non-hydrogen) atoms. The summed E-state index contributed by atoms with van der Waals surface area (Å²) in [6.07, 6.45) is 0. The first-order valence-electron chi connectivity index (χ1n) is 11.5. The zero-order valence-electron chi connectivity index (χ0n) is 20.5. The molecular weight excluding hydrogens is 440 g/mol. The molecule has 0 saturated heterocycles. The molecule has 7 heteroatoms. The fourth-order valence-corrected chi connectivity index (χ4v) is 3.23. The third-order valence-electron chi connectivity index (χ3n) is 5.33. The van der Waals surface area contributed by atoms with E-state index in [-0.39, 0.29) is 30.3 Å². The Bertz CT molecular complexity index is 1170. The van der Waals surface area contributed by atoms with Gasteiger partial charge in [0.2, 0.25) is 11.8 Å². The molecule has 3 aromatic rings. The second-order valence-corrected chi connectivity index (χ2v) is 9.37. The van der Waals surface area contributed by atoms with E-state index in [1.807, 2.05) is 58.0 Å². The Labute approximate surface area is 206 Å². The maximum Gasteiger partial charge on any atom is 0.251 e. The number of carbonyl (C=O) groups is 3. The van der Waals surface area contributed by atoms with Gasteiger partial charge in [0, 0.05) is 28.0 Å². The average molecular weight is 473 g/mol. The summed E-state index contributed by atoms with van der Waals surface area (Å²) in [6.45, 7) is 7.50. The van der Waals surface area contributed by atoms with Gasteiger partial charge in [0.25, 0.3) is 5.91 Å². The van der Waals surface area contributed by atoms with Crippen molar-refractivity contribution >= 4 is 34.8 Å². The molecule has 3 rings (SSSR count). The molecular formula is C28H32N4O3.